The molecule has 1 aliphatic heterocycles. The van der Waals surface area contributed by atoms with Gasteiger partial charge in [0.2, 0.25) is 0 Å². The maximum Gasteiger partial charge on any atom is 0.257 e. The number of nitrogens with zero attached hydrogens (tertiary/aromatic N) is 3. The van der Waals surface area contributed by atoms with Crippen molar-refractivity contribution in [3.05, 3.63) is 70.3 Å². The van der Waals surface area contributed by atoms with Gasteiger partial charge in [0.05, 0.1) is 37.1 Å². The topological polar surface area (TPSA) is 67.5 Å². The lowest BCUT2D eigenvalue weighted by Gasteiger charge is -2.25. The quantitative estimate of drug-likeness (QED) is 0.422. The first-order valence-electron chi connectivity index (χ1n) is 11.1. The van der Waals surface area contributed by atoms with Gasteiger partial charge in [-0.25, -0.2) is 5.01 Å². The molecule has 0 fully saturated rings. The van der Waals surface area contributed by atoms with Gasteiger partial charge in [-0.15, -0.1) is 11.3 Å². The summed E-state index contributed by atoms with van der Waals surface area (Å²) in [5, 5.41) is 8.32. The van der Waals surface area contributed by atoms with Crippen molar-refractivity contribution in [3.63, 3.8) is 0 Å². The number of rotatable bonds is 10. The molecule has 33 heavy (non-hydrogen) atoms. The molecule has 2 aromatic heterocycles. The Morgan fingerprint density at radius 3 is 2.79 bits per heavy atom. The van der Waals surface area contributed by atoms with Crippen molar-refractivity contribution in [1.29, 1.82) is 0 Å². The zero-order valence-electron chi connectivity index (χ0n) is 19.2. The number of ether oxygens (including phenoxy) is 2. The molecule has 0 bridgehead atoms. The Morgan fingerprint density at radius 2 is 2.12 bits per heavy atom. The molecule has 4 rings (SSSR count). The van der Waals surface area contributed by atoms with Crippen LogP contribution in [0.1, 0.15) is 42.5 Å². The van der Waals surface area contributed by atoms with E-state index in [0.717, 1.165) is 34.2 Å². The Morgan fingerprint density at radius 1 is 1.24 bits per heavy atom. The Balaban J connectivity index is 1.49. The molecule has 3 aromatic rings. The Hall–Kier alpha value is -3.10. The van der Waals surface area contributed by atoms with Gasteiger partial charge in [-0.2, -0.15) is 5.10 Å². The second-order valence-electron chi connectivity index (χ2n) is 7.72. The van der Waals surface area contributed by atoms with Crippen LogP contribution in [0.4, 0.5) is 0 Å². The van der Waals surface area contributed by atoms with E-state index in [-0.39, 0.29) is 18.5 Å². The highest BCUT2D eigenvalue weighted by Crippen LogP contribution is 2.34. The van der Waals surface area contributed by atoms with Gasteiger partial charge in [-0.05, 0) is 54.7 Å². The Kier molecular flexibility index (Phi) is 7.47. The molecule has 0 aliphatic carbocycles. The number of benzene rings is 1. The maximum atomic E-state index is 13.4. The third kappa shape index (κ3) is 5.29. The molecule has 1 aliphatic rings. The van der Waals surface area contributed by atoms with Gasteiger partial charge in [-0.1, -0.05) is 19.1 Å². The van der Waals surface area contributed by atoms with Crippen molar-refractivity contribution in [2.24, 2.45) is 5.10 Å². The lowest BCUT2D eigenvalue weighted by molar-refractivity contribution is -0.134. The number of likely N-dealkylation sites (N-methyl/N-ethyl adjacent to an activating group) is 1. The summed E-state index contributed by atoms with van der Waals surface area (Å²) < 4.78 is 16.7. The molecular formula is C25H29N3O4S. The Labute approximate surface area is 198 Å². The third-order valence-electron chi connectivity index (χ3n) is 5.58. The van der Waals surface area contributed by atoms with Crippen molar-refractivity contribution in [2.75, 3.05) is 26.8 Å². The molecule has 1 atom stereocenters. The fraction of sp³-hybridized carbons (Fsp3) is 0.360. The molecular weight excluding hydrogens is 438 g/mol. The van der Waals surface area contributed by atoms with Crippen LogP contribution in [0.5, 0.6) is 11.5 Å². The molecule has 174 valence electrons. The molecule has 0 N–H and O–H groups in total. The van der Waals surface area contributed by atoms with E-state index in [0.29, 0.717) is 25.3 Å². The number of furan rings is 1. The normalized spacial score (nSPS) is 15.7. The van der Waals surface area contributed by atoms with E-state index in [2.05, 4.69) is 4.90 Å². The van der Waals surface area contributed by atoms with Gasteiger partial charge in [0.25, 0.3) is 5.91 Å². The van der Waals surface area contributed by atoms with E-state index in [1.54, 1.807) is 29.7 Å². The second kappa shape index (κ2) is 10.7. The molecule has 1 amide bonds. The van der Waals surface area contributed by atoms with Crippen LogP contribution in [0.25, 0.3) is 0 Å². The number of hydrogen-bond acceptors (Lipinski definition) is 7. The number of methoxy groups -OCH3 is 1. The highest BCUT2D eigenvalue weighted by Gasteiger charge is 2.35. The summed E-state index contributed by atoms with van der Waals surface area (Å²) in [4.78, 5) is 16.6. The number of carbonyl (C=O) groups excluding carboxylic acids is 1. The fourth-order valence-electron chi connectivity index (χ4n) is 3.92. The lowest BCUT2D eigenvalue weighted by Crippen LogP contribution is -2.37. The number of hydrogen-bond donors (Lipinski definition) is 0. The summed E-state index contributed by atoms with van der Waals surface area (Å²) in [6.07, 6.45) is 2.28. The predicted octanol–water partition coefficient (Wildman–Crippen LogP) is 4.95. The first kappa shape index (κ1) is 23.1. The number of thiophene rings is 1. The average molecular weight is 468 g/mol. The first-order valence-corrected chi connectivity index (χ1v) is 12.0. The van der Waals surface area contributed by atoms with E-state index in [1.165, 1.54) is 0 Å². The number of hydrazone groups is 1. The molecule has 0 unspecified atom stereocenters. The first-order chi connectivity index (χ1) is 16.1. The molecule has 0 spiro atoms. The highest BCUT2D eigenvalue weighted by molar-refractivity contribution is 7.12. The van der Waals surface area contributed by atoms with Gasteiger partial charge in [0, 0.05) is 13.0 Å². The van der Waals surface area contributed by atoms with Gasteiger partial charge in [0.1, 0.15) is 11.8 Å². The van der Waals surface area contributed by atoms with Crippen LogP contribution in [0.15, 0.2) is 63.6 Å². The van der Waals surface area contributed by atoms with E-state index in [1.807, 2.05) is 61.7 Å². The maximum absolute atomic E-state index is 13.4. The number of carbonyl (C=O) groups is 1. The molecule has 3 heterocycles. The molecule has 0 saturated carbocycles. The summed E-state index contributed by atoms with van der Waals surface area (Å²) in [5.41, 5.74) is 1.97. The summed E-state index contributed by atoms with van der Waals surface area (Å²) >= 11 is 1.63. The van der Waals surface area contributed by atoms with Gasteiger partial charge in [-0.3, -0.25) is 9.69 Å². The monoisotopic (exact) mass is 467 g/mol. The van der Waals surface area contributed by atoms with E-state index in [9.17, 15) is 4.79 Å². The molecule has 0 radical (unpaired) electrons. The van der Waals surface area contributed by atoms with Gasteiger partial charge in [0.15, 0.2) is 11.5 Å². The molecule has 0 saturated heterocycles. The minimum atomic E-state index is -0.228. The van der Waals surface area contributed by atoms with Crippen molar-refractivity contribution in [3.8, 4) is 11.5 Å². The van der Waals surface area contributed by atoms with E-state index >= 15 is 0 Å². The standard InChI is InChI=1S/C25H29N3O4S/c1-4-27(16-18-10-11-22(31-5-2)23(14-18)30-3)17-25(29)28-20(21-8-6-12-32-21)15-19(26-28)24-9-7-13-33-24/h6-14,20H,4-5,15-17H2,1-3H3/t20-/m0/s1. The van der Waals surface area contributed by atoms with Crippen LogP contribution >= 0.6 is 11.3 Å². The lowest BCUT2D eigenvalue weighted by atomic mass is 10.1. The SMILES string of the molecule is CCOc1ccc(CN(CC)CC(=O)N2N=C(c3cccs3)C[C@H]2c2ccco2)cc1OC. The second-order valence-corrected chi connectivity index (χ2v) is 8.67. The zero-order valence-corrected chi connectivity index (χ0v) is 20.0. The van der Waals surface area contributed by atoms with Gasteiger partial charge < -0.3 is 13.9 Å². The highest BCUT2D eigenvalue weighted by atomic mass is 32.1. The average Bonchev–Trinajstić information content (AvgIpc) is 3.60. The fourth-order valence-corrected chi connectivity index (χ4v) is 4.64. The summed E-state index contributed by atoms with van der Waals surface area (Å²) in [6.45, 7) is 6.16. The molecule has 7 nitrogen and oxygen atoms in total. The van der Waals surface area contributed by atoms with Crippen LogP contribution in [0.2, 0.25) is 0 Å². The zero-order chi connectivity index (χ0) is 23.2. The molecule has 1 aromatic carbocycles. The van der Waals surface area contributed by atoms with Gasteiger partial charge >= 0.3 is 0 Å². The molecule has 8 heteroatoms. The predicted molar refractivity (Wildman–Crippen MR) is 129 cm³/mol. The Bertz CT molecular complexity index is 1080. The van der Waals surface area contributed by atoms with Crippen LogP contribution in [0, 0.1) is 0 Å². The summed E-state index contributed by atoms with van der Waals surface area (Å²) in [5.74, 6) is 2.11. The summed E-state index contributed by atoms with van der Waals surface area (Å²) in [6, 6.07) is 13.4. The van der Waals surface area contributed by atoms with Crippen LogP contribution in [-0.4, -0.2) is 48.3 Å². The van der Waals surface area contributed by atoms with Crippen LogP contribution < -0.4 is 9.47 Å². The van der Waals surface area contributed by atoms with E-state index in [4.69, 9.17) is 19.0 Å². The van der Waals surface area contributed by atoms with Crippen molar-refractivity contribution in [1.82, 2.24) is 9.91 Å². The summed E-state index contributed by atoms with van der Waals surface area (Å²) in [7, 11) is 1.63. The van der Waals surface area contributed by atoms with Crippen molar-refractivity contribution in [2.45, 2.75) is 32.9 Å². The van der Waals surface area contributed by atoms with E-state index < -0.39 is 0 Å². The third-order valence-corrected chi connectivity index (χ3v) is 6.50. The smallest absolute Gasteiger partial charge is 0.257 e. The minimum absolute atomic E-state index is 0.0530. The van der Waals surface area contributed by atoms with Crippen LogP contribution in [0.3, 0.4) is 0 Å². The minimum Gasteiger partial charge on any atom is -0.493 e. The van der Waals surface area contributed by atoms with Crippen molar-refractivity contribution >= 4 is 23.0 Å². The van der Waals surface area contributed by atoms with Crippen LogP contribution in [-0.2, 0) is 11.3 Å². The van der Waals surface area contributed by atoms with Crippen molar-refractivity contribution < 1.29 is 18.7 Å². The largest absolute Gasteiger partial charge is 0.493 e. The number of amides is 1.